The summed E-state index contributed by atoms with van der Waals surface area (Å²) in [5.41, 5.74) is 15.9. The van der Waals surface area contributed by atoms with E-state index in [1.807, 2.05) is 31.3 Å². The summed E-state index contributed by atoms with van der Waals surface area (Å²) >= 11 is 0. The van der Waals surface area contributed by atoms with Crippen LogP contribution in [0.4, 0.5) is 0 Å². The highest BCUT2D eigenvalue weighted by atomic mass is 16.6. The number of dihydropyridines is 2. The van der Waals surface area contributed by atoms with E-state index in [0.29, 0.717) is 68.6 Å². The highest BCUT2D eigenvalue weighted by Crippen LogP contribution is 2.57. The van der Waals surface area contributed by atoms with E-state index in [1.165, 1.54) is 6.07 Å². The molecule has 1 saturated carbocycles. The molecule has 13 nitrogen and oxygen atoms in total. The maximum atomic E-state index is 14.5. The molecular weight excluding hydrogens is 765 g/mol. The molecule has 5 heterocycles. The molecule has 1 fully saturated rings. The Morgan fingerprint density at radius 3 is 2.67 bits per heavy atom. The van der Waals surface area contributed by atoms with Crippen molar-refractivity contribution in [2.75, 3.05) is 6.54 Å². The fraction of sp³-hybridized carbons (Fsp3) is 0.447. The average Bonchev–Trinajstić information content (AvgIpc) is 3.68. The largest absolute Gasteiger partial charge is 0.508 e. The van der Waals surface area contributed by atoms with Gasteiger partial charge in [0.2, 0.25) is 0 Å². The minimum absolute atomic E-state index is 0.0162. The molecule has 9 rings (SSSR count). The van der Waals surface area contributed by atoms with Crippen molar-refractivity contribution in [1.82, 2.24) is 10.6 Å². The molecule has 0 spiro atoms. The number of phenolic OH excluding ortho intramolecular Hbond substituents is 2. The van der Waals surface area contributed by atoms with Crippen molar-refractivity contribution in [3.05, 3.63) is 121 Å². The summed E-state index contributed by atoms with van der Waals surface area (Å²) in [4.78, 5) is 28.6. The SMILES string of the molecule is CC=C(C(=O)OC1Cc2c3c(c4oc(CO)cc(=O)c4c2O)C2Cc4cc(O)ccc4CCC(CC(CC4=CNC(N)C=C4)C1(C)O3)C1=C(N)NCC=C12)C1(O)CCCC1. The Kier molecular flexibility index (Phi) is 10.1. The zero-order valence-corrected chi connectivity index (χ0v) is 34.1. The number of aryl methyl sites for hydroxylation is 1. The number of benzene rings is 2. The number of phenols is 2. The summed E-state index contributed by atoms with van der Waals surface area (Å²) in [6.07, 6.45) is 13.3. The van der Waals surface area contributed by atoms with Gasteiger partial charge in [0.1, 0.15) is 58.1 Å². The highest BCUT2D eigenvalue weighted by Gasteiger charge is 2.54. The van der Waals surface area contributed by atoms with Crippen LogP contribution >= 0.6 is 0 Å². The van der Waals surface area contributed by atoms with Crippen LogP contribution in [0.3, 0.4) is 0 Å². The van der Waals surface area contributed by atoms with Gasteiger partial charge in [-0.25, -0.2) is 4.79 Å². The number of rotatable bonds is 6. The molecule has 6 atom stereocenters. The summed E-state index contributed by atoms with van der Waals surface area (Å²) in [6, 6.07) is 6.61. The molecule has 60 heavy (non-hydrogen) atoms. The van der Waals surface area contributed by atoms with Crippen molar-refractivity contribution >= 4 is 16.9 Å². The number of carbonyl (C=O) groups is 1. The fourth-order valence-corrected chi connectivity index (χ4v) is 10.9. The first-order chi connectivity index (χ1) is 28.8. The Morgan fingerprint density at radius 1 is 1.13 bits per heavy atom. The number of fused-ring (bicyclic) bond motifs is 5. The molecule has 316 valence electrons. The van der Waals surface area contributed by atoms with Gasteiger partial charge in [-0.3, -0.25) is 4.79 Å². The van der Waals surface area contributed by atoms with E-state index < -0.39 is 41.2 Å². The molecule has 2 aromatic carbocycles. The second-order valence-corrected chi connectivity index (χ2v) is 17.6. The molecule has 1 aromatic heterocycles. The lowest BCUT2D eigenvalue weighted by molar-refractivity contribution is -0.167. The molecule has 6 unspecified atom stereocenters. The van der Waals surface area contributed by atoms with Crippen molar-refractivity contribution in [2.45, 2.75) is 114 Å². The second-order valence-electron chi connectivity index (χ2n) is 17.6. The number of ether oxygens (including phenoxy) is 2. The van der Waals surface area contributed by atoms with E-state index in [2.05, 4.69) is 16.7 Å². The summed E-state index contributed by atoms with van der Waals surface area (Å²) in [7, 11) is 0. The molecule has 3 aromatic rings. The van der Waals surface area contributed by atoms with Crippen molar-refractivity contribution in [3.63, 3.8) is 0 Å². The molecule has 0 saturated heterocycles. The Morgan fingerprint density at radius 2 is 1.93 bits per heavy atom. The average molecular weight is 819 g/mol. The maximum Gasteiger partial charge on any atom is 0.337 e. The number of nitrogens with one attached hydrogen (secondary N) is 2. The number of aliphatic hydroxyl groups excluding tert-OH is 1. The van der Waals surface area contributed by atoms with Crippen molar-refractivity contribution in [1.29, 1.82) is 0 Å². The quantitative estimate of drug-likeness (QED) is 0.123. The van der Waals surface area contributed by atoms with Crippen LogP contribution in [-0.4, -0.2) is 56.4 Å². The minimum Gasteiger partial charge on any atom is -0.508 e. The van der Waals surface area contributed by atoms with Crippen molar-refractivity contribution in [2.24, 2.45) is 23.3 Å². The third-order valence-corrected chi connectivity index (χ3v) is 14.0. The smallest absolute Gasteiger partial charge is 0.337 e. The Bertz CT molecular complexity index is 2490. The van der Waals surface area contributed by atoms with Crippen LogP contribution in [0.15, 0.2) is 92.1 Å². The van der Waals surface area contributed by atoms with Gasteiger partial charge in [-0.1, -0.05) is 37.1 Å². The van der Waals surface area contributed by atoms with E-state index in [1.54, 1.807) is 25.1 Å². The standard InChI is InChI=1S/C47H54N4O9/c1-3-34(47(57)13-4-5-14-47)45(56)59-36-21-33-41(55)40-35(54)20-30(23-52)58-43(40)39-32-19-27-18-29(53)10-9-25(27)7-8-26(38-31(32)12-15-50-44(38)49)17-28(46(36,2)60-42(33)39)16-24-6-11-37(48)51-22-24/h3,6,9-12,18,20,22,26,28,32,36-37,50-53,55,57H,4-5,7-8,13-17,19,21,23,48-49H2,1-2H3. The molecule has 4 bridgehead atoms. The van der Waals surface area contributed by atoms with Gasteiger partial charge in [0.05, 0.1) is 17.3 Å². The molecular formula is C47H54N4O9. The van der Waals surface area contributed by atoms with Crippen LogP contribution < -0.4 is 32.3 Å². The van der Waals surface area contributed by atoms with Gasteiger partial charge in [0.25, 0.3) is 0 Å². The number of aliphatic hydroxyl groups is 2. The monoisotopic (exact) mass is 818 g/mol. The summed E-state index contributed by atoms with van der Waals surface area (Å²) in [5.74, 6) is -1.15. The predicted octanol–water partition coefficient (Wildman–Crippen LogP) is 4.88. The third-order valence-electron chi connectivity index (χ3n) is 14.0. The number of hydrogen-bond donors (Lipinski definition) is 8. The van der Waals surface area contributed by atoms with Crippen LogP contribution in [0.5, 0.6) is 17.2 Å². The van der Waals surface area contributed by atoms with Crippen LogP contribution in [0.1, 0.15) is 92.7 Å². The van der Waals surface area contributed by atoms with Gasteiger partial charge in [-0.15, -0.1) is 0 Å². The first-order valence-corrected chi connectivity index (χ1v) is 21.2. The number of hydrogen-bond acceptors (Lipinski definition) is 13. The fourth-order valence-electron chi connectivity index (χ4n) is 10.9. The molecule has 0 radical (unpaired) electrons. The number of carbonyl (C=O) groups excluding carboxylic acids is 1. The maximum absolute atomic E-state index is 14.5. The van der Waals surface area contributed by atoms with E-state index in [9.17, 15) is 30.0 Å². The van der Waals surface area contributed by atoms with E-state index in [4.69, 9.17) is 25.4 Å². The van der Waals surface area contributed by atoms with Crippen LogP contribution in [0.2, 0.25) is 0 Å². The minimum atomic E-state index is -1.33. The number of nitrogens with two attached hydrogens (primary N) is 2. The van der Waals surface area contributed by atoms with Gasteiger partial charge < -0.3 is 56.4 Å². The van der Waals surface area contributed by atoms with Gasteiger partial charge in [-0.05, 0) is 111 Å². The molecule has 4 aliphatic heterocycles. The lowest BCUT2D eigenvalue weighted by Crippen LogP contribution is -2.57. The zero-order valence-electron chi connectivity index (χ0n) is 34.1. The molecule has 13 heteroatoms. The highest BCUT2D eigenvalue weighted by molar-refractivity contribution is 5.93. The van der Waals surface area contributed by atoms with Gasteiger partial charge in [0.15, 0.2) is 5.43 Å². The normalized spacial score (nSPS) is 28.1. The molecule has 0 amide bonds. The van der Waals surface area contributed by atoms with E-state index >= 15 is 0 Å². The van der Waals surface area contributed by atoms with Crippen LogP contribution in [0, 0.1) is 11.8 Å². The lowest BCUT2D eigenvalue weighted by atomic mass is 9.67. The molecule has 6 aliphatic rings. The first-order valence-electron chi connectivity index (χ1n) is 21.2. The number of aromatic hydroxyl groups is 2. The number of esters is 1. The lowest BCUT2D eigenvalue weighted by Gasteiger charge is -2.49. The van der Waals surface area contributed by atoms with Gasteiger partial charge in [-0.2, -0.15) is 0 Å². The molecule has 2 aliphatic carbocycles. The van der Waals surface area contributed by atoms with Crippen molar-refractivity contribution < 1.29 is 39.1 Å². The number of allylic oxidation sites excluding steroid dienone is 5. The van der Waals surface area contributed by atoms with Crippen LogP contribution in [0.25, 0.3) is 11.0 Å². The Hall–Kier alpha value is -5.50. The van der Waals surface area contributed by atoms with Gasteiger partial charge in [0, 0.05) is 48.2 Å². The summed E-state index contributed by atoms with van der Waals surface area (Å²) in [6.45, 7) is 3.55. The van der Waals surface area contributed by atoms with Gasteiger partial charge >= 0.3 is 5.97 Å². The van der Waals surface area contributed by atoms with Crippen LogP contribution in [-0.2, 0) is 35.4 Å². The van der Waals surface area contributed by atoms with E-state index in [0.717, 1.165) is 40.7 Å². The summed E-state index contributed by atoms with van der Waals surface area (Å²) < 4.78 is 20.5. The van der Waals surface area contributed by atoms with Crippen molar-refractivity contribution in [3.8, 4) is 17.2 Å². The van der Waals surface area contributed by atoms with E-state index in [-0.39, 0.29) is 63.8 Å². The topological polar surface area (TPSA) is 223 Å². The zero-order chi connectivity index (χ0) is 42.1. The molecule has 10 N–H and O–H groups in total. The Labute approximate surface area is 348 Å². The first kappa shape index (κ1) is 39.9. The second kappa shape index (κ2) is 15.2. The predicted molar refractivity (Wildman–Crippen MR) is 225 cm³/mol. The summed E-state index contributed by atoms with van der Waals surface area (Å²) in [5, 5.41) is 51.7. The Balaban J connectivity index is 1.34. The third kappa shape index (κ3) is 6.67.